The molecule has 1 heterocycles. The smallest absolute Gasteiger partial charge is 0.175 e. The molecule has 0 fully saturated rings. The summed E-state index contributed by atoms with van der Waals surface area (Å²) < 4.78 is 7.60. The van der Waals surface area contributed by atoms with Crippen molar-refractivity contribution in [1.82, 2.24) is 10.2 Å². The molecule has 2 rings (SSSR count). The topological polar surface area (TPSA) is 58.8 Å². The Morgan fingerprint density at radius 3 is 2.65 bits per heavy atom. The molecule has 0 saturated heterocycles. The van der Waals surface area contributed by atoms with E-state index in [1.165, 1.54) is 0 Å². The van der Waals surface area contributed by atoms with Gasteiger partial charge in [-0.05, 0) is 24.0 Å². The number of nitriles is 1. The van der Waals surface area contributed by atoms with Gasteiger partial charge in [0.2, 0.25) is 0 Å². The summed E-state index contributed by atoms with van der Waals surface area (Å²) in [5, 5.41) is 16.7. The average molecular weight is 323 g/mol. The lowest BCUT2D eigenvalue weighted by molar-refractivity contribution is 0.344. The fraction of sp³-hybridized carbons (Fsp3) is 0.308. The van der Waals surface area contributed by atoms with Crippen molar-refractivity contribution >= 4 is 34.9 Å². The quantitative estimate of drug-likeness (QED) is 0.574. The maximum Gasteiger partial charge on any atom is 0.175 e. The largest absolute Gasteiger partial charge is 0.493 e. The predicted molar refractivity (Wildman–Crippen MR) is 83.7 cm³/mol. The van der Waals surface area contributed by atoms with Gasteiger partial charge in [-0.3, -0.25) is 0 Å². The maximum atomic E-state index is 8.59. The molecular formula is C13H13N3OS3. The van der Waals surface area contributed by atoms with Crippen LogP contribution in [0, 0.1) is 11.3 Å². The van der Waals surface area contributed by atoms with E-state index in [0.717, 1.165) is 25.7 Å². The van der Waals surface area contributed by atoms with E-state index in [1.807, 2.05) is 30.5 Å². The number of benzene rings is 1. The molecule has 0 saturated carbocycles. The number of rotatable bonds is 7. The van der Waals surface area contributed by atoms with Crippen LogP contribution in [0.5, 0.6) is 5.75 Å². The van der Waals surface area contributed by atoms with Crippen molar-refractivity contribution in [2.75, 3.05) is 18.6 Å². The Morgan fingerprint density at radius 2 is 2.00 bits per heavy atom. The van der Waals surface area contributed by atoms with Gasteiger partial charge in [-0.15, -0.1) is 10.2 Å². The molecule has 4 nitrogen and oxygen atoms in total. The van der Waals surface area contributed by atoms with Crippen LogP contribution < -0.4 is 4.74 Å². The van der Waals surface area contributed by atoms with Crippen molar-refractivity contribution in [3.8, 4) is 11.8 Å². The third-order valence-corrected chi connectivity index (χ3v) is 5.34. The van der Waals surface area contributed by atoms with Crippen LogP contribution in [0.2, 0.25) is 0 Å². The van der Waals surface area contributed by atoms with E-state index in [9.17, 15) is 0 Å². The first-order valence-electron chi connectivity index (χ1n) is 5.91. The maximum absolute atomic E-state index is 8.59. The van der Waals surface area contributed by atoms with Gasteiger partial charge in [0.15, 0.2) is 8.68 Å². The fourth-order valence-electron chi connectivity index (χ4n) is 1.42. The molecule has 0 radical (unpaired) electrons. The number of hydrogen-bond acceptors (Lipinski definition) is 7. The van der Waals surface area contributed by atoms with Crippen molar-refractivity contribution in [2.24, 2.45) is 0 Å². The molecule has 104 valence electrons. The van der Waals surface area contributed by atoms with Gasteiger partial charge in [0.1, 0.15) is 5.75 Å². The van der Waals surface area contributed by atoms with Crippen molar-refractivity contribution < 1.29 is 4.74 Å². The highest BCUT2D eigenvalue weighted by Gasteiger charge is 2.03. The molecule has 7 heteroatoms. The van der Waals surface area contributed by atoms with Gasteiger partial charge in [0, 0.05) is 5.75 Å². The van der Waals surface area contributed by atoms with E-state index in [2.05, 4.69) is 16.3 Å². The molecular weight excluding hydrogens is 310 g/mol. The summed E-state index contributed by atoms with van der Waals surface area (Å²) >= 11 is 4.86. The van der Waals surface area contributed by atoms with E-state index in [0.29, 0.717) is 13.0 Å². The zero-order valence-electron chi connectivity index (χ0n) is 10.9. The molecule has 0 N–H and O–H groups in total. The van der Waals surface area contributed by atoms with Gasteiger partial charge < -0.3 is 4.74 Å². The lowest BCUT2D eigenvalue weighted by atomic mass is 10.2. The first-order valence-corrected chi connectivity index (χ1v) is 8.93. The molecule has 0 unspecified atom stereocenters. The van der Waals surface area contributed by atoms with E-state index < -0.39 is 0 Å². The standard InChI is InChI=1S/C13H13N3OS3/c1-18-12-15-16-13(20-12)19-9-8-17-11-4-2-10(3-5-11)6-7-14/h2-5H,6,8-9H2,1H3. The summed E-state index contributed by atoms with van der Waals surface area (Å²) in [5.74, 6) is 1.66. The normalized spacial score (nSPS) is 10.2. The molecule has 1 aromatic heterocycles. The Bertz CT molecular complexity index is 577. The summed E-state index contributed by atoms with van der Waals surface area (Å²) in [5.41, 5.74) is 1.01. The Morgan fingerprint density at radius 1 is 1.25 bits per heavy atom. The van der Waals surface area contributed by atoms with Gasteiger partial charge in [0.25, 0.3) is 0 Å². The fourth-order valence-corrected chi connectivity index (χ4v) is 3.75. The first kappa shape index (κ1) is 15.2. The number of hydrogen-bond donors (Lipinski definition) is 0. The molecule has 0 bridgehead atoms. The van der Waals surface area contributed by atoms with Crippen LogP contribution in [-0.2, 0) is 6.42 Å². The molecule has 0 spiro atoms. The lowest BCUT2D eigenvalue weighted by Crippen LogP contribution is -2.00. The molecule has 0 aliphatic heterocycles. The van der Waals surface area contributed by atoms with Gasteiger partial charge >= 0.3 is 0 Å². The number of aromatic nitrogens is 2. The highest BCUT2D eigenvalue weighted by Crippen LogP contribution is 2.27. The second-order valence-electron chi connectivity index (χ2n) is 3.71. The van der Waals surface area contributed by atoms with Crippen LogP contribution in [0.1, 0.15) is 5.56 Å². The van der Waals surface area contributed by atoms with Crippen LogP contribution in [0.3, 0.4) is 0 Å². The lowest BCUT2D eigenvalue weighted by Gasteiger charge is -2.05. The van der Waals surface area contributed by atoms with Crippen molar-refractivity contribution in [3.05, 3.63) is 29.8 Å². The molecule has 20 heavy (non-hydrogen) atoms. The third-order valence-electron chi connectivity index (χ3n) is 2.35. The summed E-state index contributed by atoms with van der Waals surface area (Å²) in [6.07, 6.45) is 2.43. The summed E-state index contributed by atoms with van der Waals surface area (Å²) in [6, 6.07) is 9.75. The van der Waals surface area contributed by atoms with Gasteiger partial charge in [0.05, 0.1) is 19.1 Å². The Kier molecular flexibility index (Phi) is 6.18. The Labute approximate surface area is 130 Å². The minimum Gasteiger partial charge on any atom is -0.493 e. The van der Waals surface area contributed by atoms with Crippen molar-refractivity contribution in [1.29, 1.82) is 5.26 Å². The van der Waals surface area contributed by atoms with Crippen LogP contribution in [0.15, 0.2) is 32.9 Å². The molecule has 0 aliphatic carbocycles. The van der Waals surface area contributed by atoms with Gasteiger partial charge in [-0.2, -0.15) is 5.26 Å². The number of thioether (sulfide) groups is 2. The highest BCUT2D eigenvalue weighted by atomic mass is 32.2. The van der Waals surface area contributed by atoms with Crippen LogP contribution >= 0.6 is 34.9 Å². The third kappa shape index (κ3) is 4.71. The van der Waals surface area contributed by atoms with E-state index in [-0.39, 0.29) is 0 Å². The second-order valence-corrected chi connectivity index (χ2v) is 7.09. The monoisotopic (exact) mass is 323 g/mol. The summed E-state index contributed by atoms with van der Waals surface area (Å²) in [4.78, 5) is 0. The van der Waals surface area contributed by atoms with Crippen LogP contribution in [-0.4, -0.2) is 28.8 Å². The zero-order chi connectivity index (χ0) is 14.2. The molecule has 0 atom stereocenters. The first-order chi connectivity index (χ1) is 9.81. The SMILES string of the molecule is CSc1nnc(SCCOc2ccc(CC#N)cc2)s1. The second kappa shape index (κ2) is 8.15. The van der Waals surface area contributed by atoms with Gasteiger partial charge in [-0.1, -0.05) is 47.0 Å². The Hall–Kier alpha value is -1.23. The van der Waals surface area contributed by atoms with E-state index >= 15 is 0 Å². The number of nitrogens with zero attached hydrogens (tertiary/aromatic N) is 3. The minimum absolute atomic E-state index is 0.435. The molecule has 2 aromatic rings. The van der Waals surface area contributed by atoms with E-state index in [4.69, 9.17) is 10.00 Å². The highest BCUT2D eigenvalue weighted by molar-refractivity contribution is 8.02. The van der Waals surface area contributed by atoms with Gasteiger partial charge in [-0.25, -0.2) is 0 Å². The zero-order valence-corrected chi connectivity index (χ0v) is 13.4. The van der Waals surface area contributed by atoms with Crippen molar-refractivity contribution in [3.63, 3.8) is 0 Å². The van der Waals surface area contributed by atoms with Crippen LogP contribution in [0.25, 0.3) is 0 Å². The average Bonchev–Trinajstić information content (AvgIpc) is 2.94. The van der Waals surface area contributed by atoms with E-state index in [1.54, 1.807) is 34.9 Å². The molecule has 0 aliphatic rings. The predicted octanol–water partition coefficient (Wildman–Crippen LogP) is 3.50. The van der Waals surface area contributed by atoms with Crippen LogP contribution in [0.4, 0.5) is 0 Å². The molecule has 1 aromatic carbocycles. The minimum atomic E-state index is 0.435. The number of ether oxygens (including phenoxy) is 1. The van der Waals surface area contributed by atoms with Crippen molar-refractivity contribution in [2.45, 2.75) is 15.1 Å². The summed E-state index contributed by atoms with van der Waals surface area (Å²) in [6.45, 7) is 0.621. The summed E-state index contributed by atoms with van der Waals surface area (Å²) in [7, 11) is 0. The Balaban J connectivity index is 1.71. The molecule has 0 amide bonds.